The molecular weight excluding hydrogens is 439 g/mol. The summed E-state index contributed by atoms with van der Waals surface area (Å²) in [6.45, 7) is 2.02. The molecule has 0 aliphatic heterocycles. The maximum atomic E-state index is 9.67. The molecule has 0 atom stereocenters. The van der Waals surface area contributed by atoms with Crippen molar-refractivity contribution in [3.63, 3.8) is 0 Å². The van der Waals surface area contributed by atoms with Crippen LogP contribution in [-0.4, -0.2) is 21.8 Å². The molecule has 0 spiro atoms. The average molecular weight is 454 g/mol. The topological polar surface area (TPSA) is 65.1 Å². The molecule has 2 aromatic carbocycles. The molecule has 0 fully saturated rings. The van der Waals surface area contributed by atoms with E-state index in [1.165, 1.54) is 32.0 Å². The smallest absolute Gasteiger partial charge is 0.762 e. The summed E-state index contributed by atoms with van der Waals surface area (Å²) < 4.78 is 49.0. The standard InChI is InChI=1S/C19H15N2O4S.BF3.FH/c1-14-4-6-15(7-5-14)26-19-13-17(24-10-8-22-2)16(21-20)12-18(19)25-11-9-23-3;2-1(3)4;/h4-7,12-13H,1-3H3;;1H/q+1;;/p-1. The monoisotopic (exact) mass is 454 g/mol. The minimum Gasteiger partial charge on any atom is -1.00 e. The van der Waals surface area contributed by atoms with Crippen LogP contribution in [-0.2, 0) is 9.47 Å². The number of ether oxygens (including phenoxy) is 4. The fourth-order valence-electron chi connectivity index (χ4n) is 1.82. The fourth-order valence-corrected chi connectivity index (χ4v) is 2.71. The normalized spacial score (nSPS) is 8.29. The summed E-state index contributed by atoms with van der Waals surface area (Å²) in [5.41, 5.74) is 1.29. The second-order valence-electron chi connectivity index (χ2n) is 5.05. The highest BCUT2D eigenvalue weighted by Crippen LogP contribution is 2.42. The van der Waals surface area contributed by atoms with E-state index >= 15 is 0 Å². The highest BCUT2D eigenvalue weighted by atomic mass is 32.2. The van der Waals surface area contributed by atoms with Gasteiger partial charge in [0.2, 0.25) is 11.1 Å². The van der Waals surface area contributed by atoms with Crippen molar-refractivity contribution >= 4 is 25.0 Å². The van der Waals surface area contributed by atoms with E-state index in [-0.39, 0.29) is 16.1 Å². The first-order valence-corrected chi connectivity index (χ1v) is 8.82. The van der Waals surface area contributed by atoms with Crippen molar-refractivity contribution in [1.82, 2.24) is 0 Å². The van der Waals surface area contributed by atoms with Crippen LogP contribution in [0.2, 0.25) is 0 Å². The number of halogens is 4. The Kier molecular flexibility index (Phi) is 13.4. The maximum Gasteiger partial charge on any atom is 0.762 e. The molecule has 2 rings (SSSR count). The second kappa shape index (κ2) is 15.2. The van der Waals surface area contributed by atoms with Gasteiger partial charge in [-0.05, 0) is 19.1 Å². The summed E-state index contributed by atoms with van der Waals surface area (Å²) in [7, 11) is -0.823. The largest absolute Gasteiger partial charge is 1.00 e. The van der Waals surface area contributed by atoms with Crippen LogP contribution in [0.25, 0.3) is 4.98 Å². The number of hydrogen-bond acceptors (Lipinski definition) is 6. The van der Waals surface area contributed by atoms with Crippen LogP contribution in [0.5, 0.6) is 11.5 Å². The van der Waals surface area contributed by atoms with E-state index < -0.39 is 7.54 Å². The molecule has 0 aliphatic carbocycles. The van der Waals surface area contributed by atoms with Gasteiger partial charge in [-0.1, -0.05) is 29.5 Å². The van der Waals surface area contributed by atoms with Crippen LogP contribution in [0.3, 0.4) is 0 Å². The summed E-state index contributed by atoms with van der Waals surface area (Å²) in [5.74, 6) is 0.638. The number of rotatable bonds is 4. The molecule has 0 bridgehead atoms. The zero-order valence-corrected chi connectivity index (χ0v) is 17.3. The van der Waals surface area contributed by atoms with Crippen molar-refractivity contribution < 1.29 is 36.6 Å². The SMILES string of the molecule is COC#COc1cc(Sc2ccc(C)cc2)c(OC#COC)cc1[N+]#N.FB(F)F.[F-]. The van der Waals surface area contributed by atoms with Crippen molar-refractivity contribution in [2.75, 3.05) is 14.2 Å². The molecule has 31 heavy (non-hydrogen) atoms. The first-order chi connectivity index (χ1) is 14.4. The van der Waals surface area contributed by atoms with E-state index in [9.17, 15) is 18.3 Å². The van der Waals surface area contributed by atoms with Gasteiger partial charge in [0.25, 0.3) is 0 Å². The van der Waals surface area contributed by atoms with Gasteiger partial charge >= 0.3 is 13.2 Å². The third kappa shape index (κ3) is 10.6. The molecular formula is C19H15BF4N2O4S. The molecule has 0 N–H and O–H groups in total. The van der Waals surface area contributed by atoms with Crippen LogP contribution in [0.4, 0.5) is 18.6 Å². The lowest BCUT2D eigenvalue weighted by Gasteiger charge is -2.07. The van der Waals surface area contributed by atoms with Gasteiger partial charge in [0, 0.05) is 11.0 Å². The summed E-state index contributed by atoms with van der Waals surface area (Å²) >= 11 is 1.44. The Morgan fingerprint density at radius 2 is 1.42 bits per heavy atom. The second-order valence-corrected chi connectivity index (χ2v) is 6.17. The molecule has 0 saturated carbocycles. The van der Waals surface area contributed by atoms with Gasteiger partial charge in [0.05, 0.1) is 25.2 Å². The van der Waals surface area contributed by atoms with Gasteiger partial charge in [-0.3, -0.25) is 12.9 Å². The fraction of sp³-hybridized carbons (Fsp3) is 0.158. The van der Waals surface area contributed by atoms with E-state index in [0.717, 1.165) is 10.5 Å². The van der Waals surface area contributed by atoms with Crippen LogP contribution < -0.4 is 14.2 Å². The molecule has 6 nitrogen and oxygen atoms in total. The first kappa shape index (κ1) is 27.3. The summed E-state index contributed by atoms with van der Waals surface area (Å²) in [6.07, 6.45) is 9.42. The van der Waals surface area contributed by atoms with Crippen molar-refractivity contribution in [2.45, 2.75) is 16.7 Å². The van der Waals surface area contributed by atoms with Crippen molar-refractivity contribution in [3.8, 4) is 35.9 Å². The van der Waals surface area contributed by atoms with Gasteiger partial charge in [-0.2, -0.15) is 0 Å². The summed E-state index contributed by atoms with van der Waals surface area (Å²) in [5, 5.41) is 9.22. The van der Waals surface area contributed by atoms with Crippen LogP contribution in [0.1, 0.15) is 5.56 Å². The van der Waals surface area contributed by atoms with E-state index in [1.54, 1.807) is 6.07 Å². The number of aryl methyl sites for hydroxylation is 1. The minimum absolute atomic E-state index is 0. The van der Waals surface area contributed by atoms with Gasteiger partial charge in [-0.25, -0.2) is 0 Å². The molecule has 12 heteroatoms. The molecule has 162 valence electrons. The lowest BCUT2D eigenvalue weighted by atomic mass is 10.2. The molecule has 2 aromatic rings. The Morgan fingerprint density at radius 3 is 1.90 bits per heavy atom. The molecule has 0 heterocycles. The Labute approximate surface area is 181 Å². The predicted octanol–water partition coefficient (Wildman–Crippen LogP) is 2.40. The molecule has 0 aliphatic rings. The average Bonchev–Trinajstić information content (AvgIpc) is 2.71. The van der Waals surface area contributed by atoms with E-state index in [1.807, 2.05) is 31.2 Å². The van der Waals surface area contributed by atoms with Gasteiger partial charge in [0.1, 0.15) is 0 Å². The lowest BCUT2D eigenvalue weighted by molar-refractivity contribution is -0.0000104. The summed E-state index contributed by atoms with van der Waals surface area (Å²) in [4.78, 5) is 4.88. The lowest BCUT2D eigenvalue weighted by Crippen LogP contribution is -3.00. The highest BCUT2D eigenvalue weighted by molar-refractivity contribution is 7.99. The Hall–Kier alpha value is -3.69. The molecule has 0 amide bonds. The molecule has 0 radical (unpaired) electrons. The van der Waals surface area contributed by atoms with Gasteiger partial charge < -0.3 is 23.7 Å². The highest BCUT2D eigenvalue weighted by Gasteiger charge is 2.22. The Morgan fingerprint density at radius 1 is 0.903 bits per heavy atom. The van der Waals surface area contributed by atoms with E-state index in [2.05, 4.69) is 38.9 Å². The third-order valence-electron chi connectivity index (χ3n) is 2.99. The van der Waals surface area contributed by atoms with Gasteiger partial charge in [-0.15, -0.1) is 0 Å². The van der Waals surface area contributed by atoms with Crippen LogP contribution in [0, 0.1) is 36.7 Å². The molecule has 0 aromatic heterocycles. The zero-order chi connectivity index (χ0) is 22.4. The molecule has 0 saturated heterocycles. The van der Waals surface area contributed by atoms with Crippen LogP contribution in [0.15, 0.2) is 46.2 Å². The van der Waals surface area contributed by atoms with E-state index in [4.69, 9.17) is 9.47 Å². The number of diazo groups is 1. The zero-order valence-electron chi connectivity index (χ0n) is 16.5. The van der Waals surface area contributed by atoms with Crippen molar-refractivity contribution in [2.24, 2.45) is 0 Å². The number of hydrogen-bond donors (Lipinski definition) is 0. The quantitative estimate of drug-likeness (QED) is 0.306. The summed E-state index contributed by atoms with van der Waals surface area (Å²) in [6, 6.07) is 11.1. The minimum atomic E-state index is -3.67. The van der Waals surface area contributed by atoms with Gasteiger partial charge in [0.15, 0.2) is 35.2 Å². The van der Waals surface area contributed by atoms with E-state index in [0.29, 0.717) is 10.6 Å². The first-order valence-electron chi connectivity index (χ1n) is 8.00. The van der Waals surface area contributed by atoms with Crippen LogP contribution >= 0.6 is 11.8 Å². The Bertz CT molecular complexity index is 994. The third-order valence-corrected chi connectivity index (χ3v) is 4.04. The maximum absolute atomic E-state index is 9.67. The van der Waals surface area contributed by atoms with Crippen molar-refractivity contribution in [1.29, 1.82) is 5.39 Å². The Balaban J connectivity index is 0.00000165. The number of nitrogens with zero attached hydrogens (tertiary/aromatic N) is 2. The predicted molar refractivity (Wildman–Crippen MR) is 106 cm³/mol. The molecule has 0 unspecified atom stereocenters. The number of benzene rings is 2. The van der Waals surface area contributed by atoms with Crippen molar-refractivity contribution in [3.05, 3.63) is 46.9 Å². The number of methoxy groups -OCH3 is 2.